The molecule has 0 spiro atoms. The Hall–Kier alpha value is -2.57. The van der Waals surface area contributed by atoms with Crippen molar-refractivity contribution in [1.29, 1.82) is 0 Å². The molecule has 0 atom stereocenters. The van der Waals surface area contributed by atoms with Gasteiger partial charge in [-0.15, -0.1) is 0 Å². The van der Waals surface area contributed by atoms with Crippen LogP contribution in [-0.2, 0) is 6.18 Å². The maximum absolute atomic E-state index is 12.6. The molecule has 1 heterocycles. The molecule has 2 aromatic carbocycles. The number of hydrogen-bond donors (Lipinski definition) is 1. The third-order valence-corrected chi connectivity index (χ3v) is 2.87. The third kappa shape index (κ3) is 2.67. The van der Waals surface area contributed by atoms with Crippen LogP contribution in [0.3, 0.4) is 0 Å². The van der Waals surface area contributed by atoms with Crippen LogP contribution in [0, 0.1) is 0 Å². The molecule has 2 aromatic rings. The van der Waals surface area contributed by atoms with E-state index < -0.39 is 11.7 Å². The van der Waals surface area contributed by atoms with E-state index in [1.807, 2.05) is 0 Å². The summed E-state index contributed by atoms with van der Waals surface area (Å²) in [5.74, 6) is 1.14. The fourth-order valence-electron chi connectivity index (χ4n) is 1.94. The average molecular weight is 297 g/mol. The molecule has 0 radical (unpaired) electrons. The normalized spacial score (nSPS) is 13.3. The highest BCUT2D eigenvalue weighted by molar-refractivity contribution is 5.65. The van der Waals surface area contributed by atoms with Gasteiger partial charge >= 0.3 is 6.18 Å². The van der Waals surface area contributed by atoms with Gasteiger partial charge in [-0.05, 0) is 18.2 Å². The SMILES string of the molecule is Nc1cc(Oc2cccc(C(F)(F)F)c2)cc2c1OCO2. The molecule has 3 rings (SSSR count). The van der Waals surface area contributed by atoms with Crippen LogP contribution in [0.15, 0.2) is 36.4 Å². The molecular formula is C14H10F3NO3. The van der Waals surface area contributed by atoms with Gasteiger partial charge in [-0.1, -0.05) is 6.07 Å². The van der Waals surface area contributed by atoms with Crippen LogP contribution < -0.4 is 19.9 Å². The Morgan fingerprint density at radius 1 is 1.05 bits per heavy atom. The predicted octanol–water partition coefficient (Wildman–Crippen LogP) is 3.81. The zero-order valence-corrected chi connectivity index (χ0v) is 10.6. The first kappa shape index (κ1) is 13.4. The lowest BCUT2D eigenvalue weighted by Crippen LogP contribution is -2.04. The number of rotatable bonds is 2. The summed E-state index contributed by atoms with van der Waals surface area (Å²) in [5.41, 5.74) is 5.28. The van der Waals surface area contributed by atoms with Crippen LogP contribution in [0.1, 0.15) is 5.56 Å². The number of ether oxygens (including phenoxy) is 3. The second kappa shape index (κ2) is 4.76. The molecule has 2 N–H and O–H groups in total. The summed E-state index contributed by atoms with van der Waals surface area (Å²) in [7, 11) is 0. The fraction of sp³-hybridized carbons (Fsp3) is 0.143. The maximum atomic E-state index is 12.6. The number of alkyl halides is 3. The van der Waals surface area contributed by atoms with Crippen molar-refractivity contribution in [3.63, 3.8) is 0 Å². The number of nitrogens with two attached hydrogens (primary N) is 1. The van der Waals surface area contributed by atoms with E-state index in [4.69, 9.17) is 19.9 Å². The molecule has 21 heavy (non-hydrogen) atoms. The van der Waals surface area contributed by atoms with Crippen molar-refractivity contribution in [1.82, 2.24) is 0 Å². The van der Waals surface area contributed by atoms with Crippen LogP contribution in [0.4, 0.5) is 18.9 Å². The summed E-state index contributed by atoms with van der Waals surface area (Å²) in [6.07, 6.45) is -4.42. The Balaban J connectivity index is 1.89. The van der Waals surface area contributed by atoms with Gasteiger partial charge < -0.3 is 19.9 Å². The molecule has 0 saturated heterocycles. The number of fused-ring (bicyclic) bond motifs is 1. The minimum Gasteiger partial charge on any atom is -0.457 e. The molecule has 110 valence electrons. The van der Waals surface area contributed by atoms with Gasteiger partial charge in [0, 0.05) is 12.1 Å². The van der Waals surface area contributed by atoms with Crippen LogP contribution in [0.2, 0.25) is 0 Å². The number of hydrogen-bond acceptors (Lipinski definition) is 4. The summed E-state index contributed by atoms with van der Waals surface area (Å²) >= 11 is 0. The van der Waals surface area contributed by atoms with E-state index in [1.54, 1.807) is 0 Å². The molecule has 0 amide bonds. The van der Waals surface area contributed by atoms with Crippen LogP contribution in [0.25, 0.3) is 0 Å². The van der Waals surface area contributed by atoms with E-state index in [2.05, 4.69) is 0 Å². The number of anilines is 1. The fourth-order valence-corrected chi connectivity index (χ4v) is 1.94. The van der Waals surface area contributed by atoms with Crippen molar-refractivity contribution < 1.29 is 27.4 Å². The second-order valence-electron chi connectivity index (χ2n) is 4.37. The van der Waals surface area contributed by atoms with Gasteiger partial charge in [0.15, 0.2) is 11.5 Å². The van der Waals surface area contributed by atoms with Crippen LogP contribution in [0.5, 0.6) is 23.0 Å². The van der Waals surface area contributed by atoms with Gasteiger partial charge in [-0.3, -0.25) is 0 Å². The van der Waals surface area contributed by atoms with Crippen molar-refractivity contribution in [2.75, 3.05) is 12.5 Å². The summed E-state index contributed by atoms with van der Waals surface area (Å²) in [6, 6.07) is 7.57. The average Bonchev–Trinajstić information content (AvgIpc) is 2.87. The van der Waals surface area contributed by atoms with Crippen molar-refractivity contribution in [3.05, 3.63) is 42.0 Å². The predicted molar refractivity (Wildman–Crippen MR) is 68.5 cm³/mol. The Labute approximate surface area is 117 Å². The van der Waals surface area contributed by atoms with E-state index in [1.165, 1.54) is 24.3 Å². The van der Waals surface area contributed by atoms with Crippen LogP contribution in [-0.4, -0.2) is 6.79 Å². The topological polar surface area (TPSA) is 53.7 Å². The zero-order chi connectivity index (χ0) is 15.0. The van der Waals surface area contributed by atoms with Gasteiger partial charge in [0.2, 0.25) is 6.79 Å². The Morgan fingerprint density at radius 2 is 1.86 bits per heavy atom. The molecule has 0 unspecified atom stereocenters. The first-order chi connectivity index (χ1) is 9.93. The van der Waals surface area contributed by atoms with Crippen molar-refractivity contribution in [2.24, 2.45) is 0 Å². The van der Waals surface area contributed by atoms with Gasteiger partial charge in [0.1, 0.15) is 11.5 Å². The molecule has 7 heteroatoms. The molecule has 0 fully saturated rings. The van der Waals surface area contributed by atoms with E-state index in [-0.39, 0.29) is 18.3 Å². The molecular weight excluding hydrogens is 287 g/mol. The number of halogens is 3. The molecule has 1 aliphatic rings. The molecule has 4 nitrogen and oxygen atoms in total. The Bertz CT molecular complexity index is 686. The minimum atomic E-state index is -4.42. The largest absolute Gasteiger partial charge is 0.457 e. The van der Waals surface area contributed by atoms with Crippen molar-refractivity contribution >= 4 is 5.69 Å². The molecule has 0 aliphatic carbocycles. The monoisotopic (exact) mass is 297 g/mol. The highest BCUT2D eigenvalue weighted by atomic mass is 19.4. The van der Waals surface area contributed by atoms with Crippen LogP contribution >= 0.6 is 0 Å². The summed E-state index contributed by atoms with van der Waals surface area (Å²) in [5, 5.41) is 0. The quantitative estimate of drug-likeness (QED) is 0.856. The molecule has 0 aromatic heterocycles. The second-order valence-corrected chi connectivity index (χ2v) is 4.37. The lowest BCUT2D eigenvalue weighted by molar-refractivity contribution is -0.137. The number of nitrogen functional groups attached to an aromatic ring is 1. The molecule has 0 bridgehead atoms. The van der Waals surface area contributed by atoms with E-state index >= 15 is 0 Å². The molecule has 1 aliphatic heterocycles. The standard InChI is InChI=1S/C14H10F3NO3/c15-14(16,17)8-2-1-3-9(4-8)21-10-5-11(18)13-12(6-10)19-7-20-13/h1-6H,7,18H2. The smallest absolute Gasteiger partial charge is 0.416 e. The van der Waals surface area contributed by atoms with Gasteiger partial charge in [0.25, 0.3) is 0 Å². The first-order valence-corrected chi connectivity index (χ1v) is 5.98. The third-order valence-electron chi connectivity index (χ3n) is 2.87. The summed E-state index contributed by atoms with van der Waals surface area (Å²) in [6.45, 7) is 0.0482. The lowest BCUT2D eigenvalue weighted by atomic mass is 10.2. The molecule has 0 saturated carbocycles. The summed E-state index contributed by atoms with van der Waals surface area (Å²) in [4.78, 5) is 0. The highest BCUT2D eigenvalue weighted by Crippen LogP contribution is 2.42. The van der Waals surface area contributed by atoms with Gasteiger partial charge in [-0.25, -0.2) is 0 Å². The van der Waals surface area contributed by atoms with E-state index in [9.17, 15) is 13.2 Å². The summed E-state index contributed by atoms with van der Waals surface area (Å²) < 4.78 is 53.6. The first-order valence-electron chi connectivity index (χ1n) is 5.98. The van der Waals surface area contributed by atoms with Gasteiger partial charge in [0.05, 0.1) is 11.3 Å². The van der Waals surface area contributed by atoms with Crippen molar-refractivity contribution in [3.8, 4) is 23.0 Å². The van der Waals surface area contributed by atoms with Crippen molar-refractivity contribution in [2.45, 2.75) is 6.18 Å². The van der Waals surface area contributed by atoms with Gasteiger partial charge in [-0.2, -0.15) is 13.2 Å². The number of benzene rings is 2. The minimum absolute atomic E-state index is 0.0482. The van der Waals surface area contributed by atoms with E-state index in [0.717, 1.165) is 12.1 Å². The maximum Gasteiger partial charge on any atom is 0.416 e. The zero-order valence-electron chi connectivity index (χ0n) is 10.6. The lowest BCUT2D eigenvalue weighted by Gasteiger charge is -2.11. The Morgan fingerprint density at radius 3 is 2.62 bits per heavy atom. The Kier molecular flexibility index (Phi) is 3.04. The van der Waals surface area contributed by atoms with E-state index in [0.29, 0.717) is 17.2 Å². The highest BCUT2D eigenvalue weighted by Gasteiger charge is 2.30.